The molecular formula is C18H40N6O7. The third-order valence-corrected chi connectivity index (χ3v) is 3.57. The van der Waals surface area contributed by atoms with Crippen LogP contribution >= 0.6 is 0 Å². The second-order valence-corrected chi connectivity index (χ2v) is 7.13. The second kappa shape index (κ2) is 20.8. The number of unbranched alkanes of at least 4 members (excludes halogenated alkanes) is 1. The van der Waals surface area contributed by atoms with Crippen molar-refractivity contribution in [3.05, 3.63) is 0 Å². The maximum absolute atomic E-state index is 10.3. The predicted octanol–water partition coefficient (Wildman–Crippen LogP) is -1.54. The Kier molecular flexibility index (Phi) is 22.2. The number of hydrogen-bond donors (Lipinski definition) is 9. The van der Waals surface area contributed by atoms with Crippen molar-refractivity contribution in [1.29, 1.82) is 0 Å². The lowest BCUT2D eigenvalue weighted by molar-refractivity contribution is -0.139. The molecule has 0 fully saturated rings. The van der Waals surface area contributed by atoms with Gasteiger partial charge in [-0.05, 0) is 44.4 Å². The molecule has 0 saturated carbocycles. The SMILES string of the molecule is CC(C)C[C@@H](N)C(=O)O.NC(CCCO)C(=O)O.NC(N)=NCCCC[C@@H](N)C(=O)O. The minimum Gasteiger partial charge on any atom is -0.480 e. The van der Waals surface area contributed by atoms with Gasteiger partial charge in [0.05, 0.1) is 0 Å². The van der Waals surface area contributed by atoms with Crippen molar-refractivity contribution in [2.75, 3.05) is 13.2 Å². The van der Waals surface area contributed by atoms with Gasteiger partial charge in [-0.25, -0.2) is 0 Å². The van der Waals surface area contributed by atoms with Gasteiger partial charge in [-0.2, -0.15) is 0 Å². The number of aliphatic hydroxyl groups is 1. The summed E-state index contributed by atoms with van der Waals surface area (Å²) in [5.41, 5.74) is 25.8. The van der Waals surface area contributed by atoms with Crippen LogP contribution in [0.2, 0.25) is 0 Å². The molecular weight excluding hydrogens is 412 g/mol. The number of nitrogens with zero attached hydrogens (tertiary/aromatic N) is 1. The van der Waals surface area contributed by atoms with E-state index in [4.69, 9.17) is 49.1 Å². The number of carboxylic acid groups (broad SMARTS) is 3. The fraction of sp³-hybridized carbons (Fsp3) is 0.778. The van der Waals surface area contributed by atoms with Crippen molar-refractivity contribution in [2.24, 2.45) is 39.6 Å². The largest absolute Gasteiger partial charge is 0.480 e. The van der Waals surface area contributed by atoms with Gasteiger partial charge in [-0.3, -0.25) is 19.4 Å². The number of carbonyl (C=O) groups is 3. The zero-order chi connectivity index (χ0) is 25.0. The molecule has 3 atom stereocenters. The summed E-state index contributed by atoms with van der Waals surface area (Å²) in [6.07, 6.45) is 3.26. The quantitative estimate of drug-likeness (QED) is 0.0872. The van der Waals surface area contributed by atoms with E-state index in [9.17, 15) is 14.4 Å². The maximum atomic E-state index is 10.3. The number of hydrogen-bond acceptors (Lipinski definition) is 8. The Morgan fingerprint density at radius 1 is 0.774 bits per heavy atom. The fourth-order valence-electron chi connectivity index (χ4n) is 1.85. The number of aliphatic carboxylic acids is 3. The predicted molar refractivity (Wildman–Crippen MR) is 117 cm³/mol. The highest BCUT2D eigenvalue weighted by Gasteiger charge is 2.12. The fourth-order valence-corrected chi connectivity index (χ4v) is 1.85. The number of rotatable bonds is 13. The van der Waals surface area contributed by atoms with Crippen LogP contribution in [0.25, 0.3) is 0 Å². The van der Waals surface area contributed by atoms with Gasteiger partial charge in [0.2, 0.25) is 0 Å². The number of aliphatic hydroxyl groups excluding tert-OH is 1. The summed E-state index contributed by atoms with van der Waals surface area (Å²) in [6.45, 7) is 4.42. The minimum atomic E-state index is -1.01. The van der Waals surface area contributed by atoms with Crippen LogP contribution in [-0.4, -0.2) is 75.6 Å². The lowest BCUT2D eigenvalue weighted by atomic mass is 10.1. The molecule has 0 saturated heterocycles. The topological polar surface area (TPSA) is 275 Å². The summed E-state index contributed by atoms with van der Waals surface area (Å²) < 4.78 is 0. The summed E-state index contributed by atoms with van der Waals surface area (Å²) in [5.74, 6) is -2.48. The van der Waals surface area contributed by atoms with Crippen molar-refractivity contribution >= 4 is 23.9 Å². The normalized spacial score (nSPS) is 12.9. The molecule has 0 bridgehead atoms. The molecule has 0 heterocycles. The average molecular weight is 453 g/mol. The lowest BCUT2D eigenvalue weighted by Crippen LogP contribution is -2.31. The summed E-state index contributed by atoms with van der Waals surface area (Å²) in [4.78, 5) is 34.1. The number of nitrogens with two attached hydrogens (primary N) is 5. The average Bonchev–Trinajstić information content (AvgIpc) is 2.65. The van der Waals surface area contributed by atoms with Gasteiger partial charge in [0.15, 0.2) is 5.96 Å². The van der Waals surface area contributed by atoms with Gasteiger partial charge < -0.3 is 49.1 Å². The van der Waals surface area contributed by atoms with Crippen molar-refractivity contribution in [3.8, 4) is 0 Å². The van der Waals surface area contributed by atoms with E-state index in [0.717, 1.165) is 6.42 Å². The monoisotopic (exact) mass is 452 g/mol. The van der Waals surface area contributed by atoms with Crippen LogP contribution in [0.3, 0.4) is 0 Å². The number of aliphatic imine (C=N–C) groups is 1. The molecule has 13 nitrogen and oxygen atoms in total. The Hall–Kier alpha value is -2.48. The van der Waals surface area contributed by atoms with E-state index in [1.165, 1.54) is 0 Å². The van der Waals surface area contributed by atoms with Crippen LogP contribution in [-0.2, 0) is 14.4 Å². The van der Waals surface area contributed by atoms with Crippen LogP contribution in [0, 0.1) is 5.92 Å². The lowest BCUT2D eigenvalue weighted by Gasteiger charge is -2.07. The van der Waals surface area contributed by atoms with Crippen LogP contribution < -0.4 is 28.7 Å². The zero-order valence-electron chi connectivity index (χ0n) is 18.3. The Morgan fingerprint density at radius 2 is 1.19 bits per heavy atom. The van der Waals surface area contributed by atoms with E-state index in [-0.39, 0.29) is 12.6 Å². The standard InChI is InChI=1S/C7H16N4O2.C6H13NO2.C5H11NO3/c8-5(6(12)13)3-1-2-4-11-7(9)10;1-4(2)3-5(7)6(8)9;6-4(5(8)9)2-1-3-7/h5H,1-4,8H2,(H,12,13)(H4,9,10,11);4-5H,3,7H2,1-2H3,(H,8,9);4,7H,1-3,6H2,(H,8,9)/t2*5-;/m11./s1. The Balaban J connectivity index is -0.000000390. The summed E-state index contributed by atoms with van der Waals surface area (Å²) >= 11 is 0. The van der Waals surface area contributed by atoms with Gasteiger partial charge >= 0.3 is 17.9 Å². The zero-order valence-corrected chi connectivity index (χ0v) is 18.3. The van der Waals surface area contributed by atoms with E-state index in [1.54, 1.807) is 0 Å². The van der Waals surface area contributed by atoms with E-state index < -0.39 is 36.0 Å². The van der Waals surface area contributed by atoms with Gasteiger partial charge in [0, 0.05) is 13.2 Å². The molecule has 0 rings (SSSR count). The van der Waals surface area contributed by atoms with Gasteiger partial charge in [-0.15, -0.1) is 0 Å². The first-order valence-corrected chi connectivity index (χ1v) is 9.87. The molecule has 0 aromatic rings. The molecule has 14 N–H and O–H groups in total. The molecule has 0 amide bonds. The van der Waals surface area contributed by atoms with Crippen molar-refractivity contribution < 1.29 is 34.8 Å². The molecule has 13 heteroatoms. The van der Waals surface area contributed by atoms with Gasteiger partial charge in [0.1, 0.15) is 18.1 Å². The second-order valence-electron chi connectivity index (χ2n) is 7.13. The van der Waals surface area contributed by atoms with E-state index >= 15 is 0 Å². The summed E-state index contributed by atoms with van der Waals surface area (Å²) in [5, 5.41) is 33.2. The molecule has 0 aromatic carbocycles. The first kappa shape index (κ1) is 33.2. The molecule has 184 valence electrons. The van der Waals surface area contributed by atoms with Crippen LogP contribution in [0.15, 0.2) is 4.99 Å². The third kappa shape index (κ3) is 27.5. The summed E-state index contributed by atoms with van der Waals surface area (Å²) in [6, 6.07) is -2.29. The van der Waals surface area contributed by atoms with Crippen LogP contribution in [0.4, 0.5) is 0 Å². The molecule has 0 radical (unpaired) electrons. The molecule has 0 aliphatic rings. The maximum Gasteiger partial charge on any atom is 0.320 e. The number of carboxylic acids is 3. The van der Waals surface area contributed by atoms with Crippen LogP contribution in [0.1, 0.15) is 52.4 Å². The van der Waals surface area contributed by atoms with Crippen molar-refractivity contribution in [2.45, 2.75) is 70.5 Å². The first-order valence-electron chi connectivity index (χ1n) is 9.87. The Bertz CT molecular complexity index is 528. The van der Waals surface area contributed by atoms with E-state index in [1.807, 2.05) is 13.8 Å². The third-order valence-electron chi connectivity index (χ3n) is 3.57. The van der Waals surface area contributed by atoms with E-state index in [2.05, 4.69) is 4.99 Å². The van der Waals surface area contributed by atoms with Crippen LogP contribution in [0.5, 0.6) is 0 Å². The molecule has 1 unspecified atom stereocenters. The smallest absolute Gasteiger partial charge is 0.320 e. The Labute approximate surface area is 182 Å². The highest BCUT2D eigenvalue weighted by atomic mass is 16.4. The van der Waals surface area contributed by atoms with Crippen molar-refractivity contribution in [3.63, 3.8) is 0 Å². The summed E-state index contributed by atoms with van der Waals surface area (Å²) in [7, 11) is 0. The van der Waals surface area contributed by atoms with Crippen molar-refractivity contribution in [1.82, 2.24) is 0 Å². The van der Waals surface area contributed by atoms with E-state index in [0.29, 0.717) is 44.6 Å². The minimum absolute atomic E-state index is 0.000972. The Morgan fingerprint density at radius 3 is 1.48 bits per heavy atom. The molecule has 0 aliphatic heterocycles. The highest BCUT2D eigenvalue weighted by molar-refractivity contribution is 5.75. The molecule has 31 heavy (non-hydrogen) atoms. The number of guanidine groups is 1. The molecule has 0 aliphatic carbocycles. The van der Waals surface area contributed by atoms with Gasteiger partial charge in [0.25, 0.3) is 0 Å². The molecule has 0 aromatic heterocycles. The molecule has 0 spiro atoms. The first-order chi connectivity index (χ1) is 14.3. The van der Waals surface area contributed by atoms with Gasteiger partial charge in [-0.1, -0.05) is 13.8 Å². The highest BCUT2D eigenvalue weighted by Crippen LogP contribution is 2.01.